The smallest absolute Gasteiger partial charge is 0.334 e. The third-order valence-electron chi connectivity index (χ3n) is 1.43. The van der Waals surface area contributed by atoms with E-state index in [1.165, 1.54) is 7.05 Å². The highest BCUT2D eigenvalue weighted by atomic mass is 16.4. The van der Waals surface area contributed by atoms with Crippen LogP contribution in [0, 0.1) is 0 Å². The average molecular weight is 219 g/mol. The maximum absolute atomic E-state index is 10.9. The van der Waals surface area contributed by atoms with Gasteiger partial charge in [0.15, 0.2) is 6.10 Å². The number of carbonyl (C=O) groups is 3. The zero-order valence-corrected chi connectivity index (χ0v) is 8.11. The lowest BCUT2D eigenvalue weighted by Crippen LogP contribution is -2.44. The van der Waals surface area contributed by atoms with Crippen molar-refractivity contribution in [3.8, 4) is 0 Å². The summed E-state index contributed by atoms with van der Waals surface area (Å²) in [6.45, 7) is -0.638. The van der Waals surface area contributed by atoms with E-state index in [-0.39, 0.29) is 12.5 Å². The van der Waals surface area contributed by atoms with Crippen LogP contribution in [-0.4, -0.2) is 54.4 Å². The van der Waals surface area contributed by atoms with Gasteiger partial charge in [-0.05, 0) is 0 Å². The summed E-state index contributed by atoms with van der Waals surface area (Å²) in [7, 11) is 1.41. The van der Waals surface area contributed by atoms with Gasteiger partial charge in [0.2, 0.25) is 5.91 Å². The molecule has 0 fully saturated rings. The second-order valence-corrected chi connectivity index (χ2v) is 2.59. The largest absolute Gasteiger partial charge is 0.479 e. The topological polar surface area (TPSA) is 128 Å². The molecule has 0 saturated carbocycles. The number of carbonyl (C=O) groups excluding carboxylic acids is 2. The van der Waals surface area contributed by atoms with Crippen molar-refractivity contribution in [1.82, 2.24) is 16.0 Å². The Morgan fingerprint density at radius 1 is 1.27 bits per heavy atom. The zero-order valence-electron chi connectivity index (χ0n) is 8.11. The minimum atomic E-state index is -1.66. The first-order chi connectivity index (χ1) is 6.97. The SMILES string of the molecule is CNC(=O)CNC(=O)NCC(O)C(=O)O. The van der Waals surface area contributed by atoms with Gasteiger partial charge < -0.3 is 26.2 Å². The summed E-state index contributed by atoms with van der Waals surface area (Å²) in [5.74, 6) is -1.81. The van der Waals surface area contributed by atoms with Crippen LogP contribution >= 0.6 is 0 Å². The van der Waals surface area contributed by atoms with Gasteiger partial charge in [-0.1, -0.05) is 0 Å². The zero-order chi connectivity index (χ0) is 11.8. The van der Waals surface area contributed by atoms with Gasteiger partial charge in [0.05, 0.1) is 13.1 Å². The fourth-order valence-corrected chi connectivity index (χ4v) is 0.588. The quantitative estimate of drug-likeness (QED) is 0.348. The van der Waals surface area contributed by atoms with E-state index in [0.717, 1.165) is 0 Å². The Bertz CT molecular complexity index is 255. The Balaban J connectivity index is 3.66. The predicted octanol–water partition coefficient (Wildman–Crippen LogP) is -2.52. The van der Waals surface area contributed by atoms with Crippen molar-refractivity contribution in [2.24, 2.45) is 0 Å². The summed E-state index contributed by atoms with van der Waals surface area (Å²) in [5.41, 5.74) is 0. The number of nitrogens with one attached hydrogen (secondary N) is 3. The number of rotatable bonds is 5. The van der Waals surface area contributed by atoms with Gasteiger partial charge in [-0.25, -0.2) is 9.59 Å². The molecule has 0 aromatic carbocycles. The second-order valence-electron chi connectivity index (χ2n) is 2.59. The highest BCUT2D eigenvalue weighted by molar-refractivity contribution is 5.84. The Hall–Kier alpha value is -1.83. The third kappa shape index (κ3) is 6.27. The number of amides is 3. The average Bonchev–Trinajstić information content (AvgIpc) is 2.21. The molecule has 1 unspecified atom stereocenters. The fraction of sp³-hybridized carbons (Fsp3) is 0.571. The lowest BCUT2D eigenvalue weighted by atomic mass is 10.4. The molecular formula is C7H13N3O5. The molecule has 8 heteroatoms. The molecule has 3 amide bonds. The number of aliphatic hydroxyl groups excluding tert-OH is 1. The Kier molecular flexibility index (Phi) is 5.79. The highest BCUT2D eigenvalue weighted by Crippen LogP contribution is 1.79. The van der Waals surface area contributed by atoms with E-state index >= 15 is 0 Å². The molecule has 0 aliphatic heterocycles. The van der Waals surface area contributed by atoms with E-state index in [2.05, 4.69) is 16.0 Å². The molecule has 0 radical (unpaired) electrons. The van der Waals surface area contributed by atoms with Gasteiger partial charge in [-0.3, -0.25) is 4.79 Å². The van der Waals surface area contributed by atoms with Crippen LogP contribution in [0.5, 0.6) is 0 Å². The lowest BCUT2D eigenvalue weighted by Gasteiger charge is -2.08. The molecule has 5 N–H and O–H groups in total. The van der Waals surface area contributed by atoms with Crippen LogP contribution in [0.4, 0.5) is 4.79 Å². The van der Waals surface area contributed by atoms with Crippen molar-refractivity contribution in [3.63, 3.8) is 0 Å². The second kappa shape index (κ2) is 6.60. The van der Waals surface area contributed by atoms with E-state index in [1.54, 1.807) is 0 Å². The van der Waals surface area contributed by atoms with Crippen LogP contribution in [-0.2, 0) is 9.59 Å². The van der Waals surface area contributed by atoms with E-state index in [9.17, 15) is 14.4 Å². The Morgan fingerprint density at radius 3 is 2.33 bits per heavy atom. The first kappa shape index (κ1) is 13.2. The van der Waals surface area contributed by atoms with Crippen LogP contribution in [0.2, 0.25) is 0 Å². The van der Waals surface area contributed by atoms with Crippen LogP contribution in [0.25, 0.3) is 0 Å². The van der Waals surface area contributed by atoms with E-state index in [1.807, 2.05) is 0 Å². The summed E-state index contributed by atoms with van der Waals surface area (Å²) >= 11 is 0. The van der Waals surface area contributed by atoms with Gasteiger partial charge >= 0.3 is 12.0 Å². The minimum Gasteiger partial charge on any atom is -0.479 e. The minimum absolute atomic E-state index is 0.217. The Morgan fingerprint density at radius 2 is 1.87 bits per heavy atom. The van der Waals surface area contributed by atoms with Crippen molar-refractivity contribution in [1.29, 1.82) is 0 Å². The van der Waals surface area contributed by atoms with Gasteiger partial charge in [0.1, 0.15) is 0 Å². The van der Waals surface area contributed by atoms with Crippen molar-refractivity contribution in [2.75, 3.05) is 20.1 Å². The number of aliphatic carboxylic acids is 1. The maximum Gasteiger partial charge on any atom is 0.334 e. The molecule has 0 aliphatic carbocycles. The number of carboxylic acid groups (broad SMARTS) is 1. The number of aliphatic hydroxyl groups is 1. The molecule has 0 aliphatic rings. The van der Waals surface area contributed by atoms with Gasteiger partial charge in [-0.2, -0.15) is 0 Å². The molecule has 15 heavy (non-hydrogen) atoms. The molecule has 0 rings (SSSR count). The summed E-state index contributed by atoms with van der Waals surface area (Å²) in [6.07, 6.45) is -1.66. The molecule has 0 spiro atoms. The standard InChI is InChI=1S/C7H13N3O5/c1-8-5(12)3-10-7(15)9-2-4(11)6(13)14/h4,11H,2-3H2,1H3,(H,8,12)(H,13,14)(H2,9,10,15). The Labute approximate surface area is 85.7 Å². The van der Waals surface area contributed by atoms with E-state index in [0.29, 0.717) is 0 Å². The predicted molar refractivity (Wildman–Crippen MR) is 49.1 cm³/mol. The van der Waals surface area contributed by atoms with Crippen molar-refractivity contribution >= 4 is 17.9 Å². The van der Waals surface area contributed by atoms with Gasteiger partial charge in [0, 0.05) is 7.05 Å². The number of hydrogen-bond acceptors (Lipinski definition) is 4. The van der Waals surface area contributed by atoms with Crippen LogP contribution in [0.3, 0.4) is 0 Å². The molecule has 0 aromatic rings. The number of urea groups is 1. The summed E-state index contributed by atoms with van der Waals surface area (Å²) in [5, 5.41) is 23.6. The van der Waals surface area contributed by atoms with Crippen molar-refractivity contribution in [2.45, 2.75) is 6.10 Å². The molecule has 0 bridgehead atoms. The van der Waals surface area contributed by atoms with Crippen LogP contribution in [0.1, 0.15) is 0 Å². The van der Waals surface area contributed by atoms with Crippen LogP contribution < -0.4 is 16.0 Å². The maximum atomic E-state index is 10.9. The lowest BCUT2D eigenvalue weighted by molar-refractivity contribution is -0.146. The molecule has 1 atom stereocenters. The third-order valence-corrected chi connectivity index (χ3v) is 1.43. The van der Waals surface area contributed by atoms with E-state index in [4.69, 9.17) is 10.2 Å². The number of hydrogen-bond donors (Lipinski definition) is 5. The van der Waals surface area contributed by atoms with Crippen molar-refractivity contribution in [3.05, 3.63) is 0 Å². The molecule has 0 heterocycles. The molecule has 86 valence electrons. The van der Waals surface area contributed by atoms with Gasteiger partial charge in [-0.15, -0.1) is 0 Å². The summed E-state index contributed by atoms with van der Waals surface area (Å²) < 4.78 is 0. The monoisotopic (exact) mass is 219 g/mol. The number of likely N-dealkylation sites (N-methyl/N-ethyl adjacent to an activating group) is 1. The summed E-state index contributed by atoms with van der Waals surface area (Å²) in [4.78, 5) is 31.7. The summed E-state index contributed by atoms with van der Waals surface area (Å²) in [6, 6.07) is -0.723. The normalized spacial score (nSPS) is 11.3. The van der Waals surface area contributed by atoms with E-state index < -0.39 is 24.6 Å². The number of carboxylic acids is 1. The first-order valence-electron chi connectivity index (χ1n) is 4.10. The van der Waals surface area contributed by atoms with Crippen molar-refractivity contribution < 1.29 is 24.6 Å². The fourth-order valence-electron chi connectivity index (χ4n) is 0.588. The molecule has 8 nitrogen and oxygen atoms in total. The van der Waals surface area contributed by atoms with Gasteiger partial charge in [0.25, 0.3) is 0 Å². The highest BCUT2D eigenvalue weighted by Gasteiger charge is 2.13. The first-order valence-corrected chi connectivity index (χ1v) is 4.10. The molecular weight excluding hydrogens is 206 g/mol. The van der Waals surface area contributed by atoms with Crippen LogP contribution in [0.15, 0.2) is 0 Å². The molecule has 0 saturated heterocycles. The molecule has 0 aromatic heterocycles.